The second-order valence-corrected chi connectivity index (χ2v) is 7.40. The molecule has 0 spiro atoms. The Kier molecular flexibility index (Phi) is 3.84. The van der Waals surface area contributed by atoms with E-state index in [1.807, 2.05) is 33.2 Å². The lowest BCUT2D eigenvalue weighted by Gasteiger charge is -2.16. The lowest BCUT2D eigenvalue weighted by Crippen LogP contribution is -2.27. The van der Waals surface area contributed by atoms with E-state index in [4.69, 9.17) is 4.98 Å². The van der Waals surface area contributed by atoms with Gasteiger partial charge in [-0.1, -0.05) is 6.07 Å². The summed E-state index contributed by atoms with van der Waals surface area (Å²) >= 11 is 1.64. The zero-order valence-corrected chi connectivity index (χ0v) is 14.7. The molecule has 4 heterocycles. The summed E-state index contributed by atoms with van der Waals surface area (Å²) in [5.74, 6) is 0.0982. The average molecular weight is 340 g/mol. The van der Waals surface area contributed by atoms with E-state index in [-0.39, 0.29) is 11.9 Å². The van der Waals surface area contributed by atoms with Gasteiger partial charge >= 0.3 is 0 Å². The first-order valence-corrected chi connectivity index (χ1v) is 9.24. The number of rotatable bonds is 3. The van der Waals surface area contributed by atoms with E-state index in [1.54, 1.807) is 17.5 Å². The van der Waals surface area contributed by atoms with E-state index in [0.717, 1.165) is 53.1 Å². The minimum absolute atomic E-state index is 0.0982. The van der Waals surface area contributed by atoms with Crippen LogP contribution in [0, 0.1) is 0 Å². The number of hydrogen-bond acceptors (Lipinski definition) is 4. The van der Waals surface area contributed by atoms with Crippen LogP contribution in [0.15, 0.2) is 29.8 Å². The molecule has 0 N–H and O–H groups in total. The predicted molar refractivity (Wildman–Crippen MR) is 96.4 cm³/mol. The maximum Gasteiger partial charge on any atom is 0.254 e. The first-order valence-electron chi connectivity index (χ1n) is 8.36. The molecule has 1 saturated heterocycles. The summed E-state index contributed by atoms with van der Waals surface area (Å²) in [5, 5.41) is 7.35. The quantitative estimate of drug-likeness (QED) is 0.725. The highest BCUT2D eigenvalue weighted by molar-refractivity contribution is 7.13. The SMILES string of the molecule is CC(C)n1ncc2c(C(=O)N3CCCC3)cc(-c3cccs3)nc21. The van der Waals surface area contributed by atoms with E-state index in [1.165, 1.54) is 0 Å². The molecule has 1 fully saturated rings. The van der Waals surface area contributed by atoms with Gasteiger partial charge in [0.05, 0.1) is 27.7 Å². The number of carbonyl (C=O) groups is 1. The molecule has 3 aromatic rings. The number of likely N-dealkylation sites (tertiary alicyclic amines) is 1. The van der Waals surface area contributed by atoms with Crippen LogP contribution in [0.3, 0.4) is 0 Å². The van der Waals surface area contributed by atoms with Gasteiger partial charge in [0.15, 0.2) is 5.65 Å². The second-order valence-electron chi connectivity index (χ2n) is 6.45. The molecule has 0 atom stereocenters. The largest absolute Gasteiger partial charge is 0.339 e. The fourth-order valence-electron chi connectivity index (χ4n) is 3.21. The molecule has 6 heteroatoms. The molecule has 4 rings (SSSR count). The smallest absolute Gasteiger partial charge is 0.254 e. The Morgan fingerprint density at radius 1 is 1.29 bits per heavy atom. The summed E-state index contributed by atoms with van der Waals surface area (Å²) in [7, 11) is 0. The topological polar surface area (TPSA) is 51.0 Å². The average Bonchev–Trinajstić information content (AvgIpc) is 3.33. The summed E-state index contributed by atoms with van der Waals surface area (Å²) in [6, 6.07) is 6.18. The summed E-state index contributed by atoms with van der Waals surface area (Å²) < 4.78 is 1.90. The molecule has 1 aliphatic rings. The third kappa shape index (κ3) is 2.51. The van der Waals surface area contributed by atoms with E-state index >= 15 is 0 Å². The van der Waals surface area contributed by atoms with Crippen LogP contribution >= 0.6 is 11.3 Å². The van der Waals surface area contributed by atoms with Gasteiger partial charge < -0.3 is 4.90 Å². The van der Waals surface area contributed by atoms with Gasteiger partial charge in [0.25, 0.3) is 5.91 Å². The van der Waals surface area contributed by atoms with Gasteiger partial charge in [0.1, 0.15) is 0 Å². The minimum Gasteiger partial charge on any atom is -0.339 e. The Labute approximate surface area is 144 Å². The van der Waals surface area contributed by atoms with Gasteiger partial charge in [0.2, 0.25) is 0 Å². The number of aromatic nitrogens is 3. The van der Waals surface area contributed by atoms with Crippen LogP contribution in [0.2, 0.25) is 0 Å². The fourth-order valence-corrected chi connectivity index (χ4v) is 3.90. The van der Waals surface area contributed by atoms with Crippen LogP contribution in [0.5, 0.6) is 0 Å². The van der Waals surface area contributed by atoms with Crippen molar-refractivity contribution in [2.45, 2.75) is 32.7 Å². The molecule has 0 unspecified atom stereocenters. The molecule has 0 radical (unpaired) electrons. The molecule has 5 nitrogen and oxygen atoms in total. The van der Waals surface area contributed by atoms with Crippen molar-refractivity contribution < 1.29 is 4.79 Å². The number of thiophene rings is 1. The monoisotopic (exact) mass is 340 g/mol. The van der Waals surface area contributed by atoms with Crippen molar-refractivity contribution in [1.82, 2.24) is 19.7 Å². The summed E-state index contributed by atoms with van der Waals surface area (Å²) in [4.78, 5) is 20.9. The van der Waals surface area contributed by atoms with Crippen LogP contribution in [0.1, 0.15) is 43.1 Å². The first-order chi connectivity index (χ1) is 11.6. The Morgan fingerprint density at radius 3 is 2.75 bits per heavy atom. The second kappa shape index (κ2) is 6.02. The van der Waals surface area contributed by atoms with Crippen molar-refractivity contribution in [3.8, 4) is 10.6 Å². The molecule has 1 aliphatic heterocycles. The number of nitrogens with zero attached hydrogens (tertiary/aromatic N) is 4. The van der Waals surface area contributed by atoms with E-state index < -0.39 is 0 Å². The molecule has 0 aliphatic carbocycles. The van der Waals surface area contributed by atoms with Crippen LogP contribution in [0.4, 0.5) is 0 Å². The predicted octanol–water partition coefficient (Wildman–Crippen LogP) is 3.98. The van der Waals surface area contributed by atoms with Crippen molar-refractivity contribution in [2.75, 3.05) is 13.1 Å². The maximum absolute atomic E-state index is 13.0. The summed E-state index contributed by atoms with van der Waals surface area (Å²) in [6.07, 6.45) is 3.95. The zero-order chi connectivity index (χ0) is 16.7. The molecular formula is C18H20N4OS. The Balaban J connectivity index is 1.91. The third-order valence-corrected chi connectivity index (χ3v) is 5.35. The van der Waals surface area contributed by atoms with Crippen LogP contribution in [-0.2, 0) is 0 Å². The van der Waals surface area contributed by atoms with Gasteiger partial charge in [-0.25, -0.2) is 9.67 Å². The van der Waals surface area contributed by atoms with Crippen molar-refractivity contribution in [2.24, 2.45) is 0 Å². The van der Waals surface area contributed by atoms with E-state index in [9.17, 15) is 4.79 Å². The van der Waals surface area contributed by atoms with Crippen molar-refractivity contribution in [3.63, 3.8) is 0 Å². The van der Waals surface area contributed by atoms with Crippen LogP contribution < -0.4 is 0 Å². The highest BCUT2D eigenvalue weighted by Gasteiger charge is 2.24. The van der Waals surface area contributed by atoms with Crippen LogP contribution in [0.25, 0.3) is 21.6 Å². The number of amides is 1. The van der Waals surface area contributed by atoms with Gasteiger partial charge in [0, 0.05) is 19.1 Å². The maximum atomic E-state index is 13.0. The molecule has 0 bridgehead atoms. The minimum atomic E-state index is 0.0982. The standard InChI is InChI=1S/C18H20N4OS/c1-12(2)22-17-14(11-19-22)13(18(23)21-7-3-4-8-21)10-15(20-17)16-6-5-9-24-16/h5-6,9-12H,3-4,7-8H2,1-2H3. The number of pyridine rings is 1. The van der Waals surface area contributed by atoms with Crippen molar-refractivity contribution in [1.29, 1.82) is 0 Å². The van der Waals surface area contributed by atoms with Crippen molar-refractivity contribution in [3.05, 3.63) is 35.3 Å². The molecule has 3 aromatic heterocycles. The fraction of sp³-hybridized carbons (Fsp3) is 0.389. The molecule has 1 amide bonds. The molecule has 24 heavy (non-hydrogen) atoms. The van der Waals surface area contributed by atoms with Gasteiger partial charge in [-0.15, -0.1) is 11.3 Å². The number of hydrogen-bond donors (Lipinski definition) is 0. The Hall–Kier alpha value is -2.21. The van der Waals surface area contributed by atoms with E-state index in [2.05, 4.69) is 18.9 Å². The third-order valence-electron chi connectivity index (χ3n) is 4.45. The highest BCUT2D eigenvalue weighted by atomic mass is 32.1. The lowest BCUT2D eigenvalue weighted by molar-refractivity contribution is 0.0794. The van der Waals surface area contributed by atoms with Gasteiger partial charge in [-0.05, 0) is 44.2 Å². The normalized spacial score (nSPS) is 14.9. The van der Waals surface area contributed by atoms with E-state index in [0.29, 0.717) is 0 Å². The first kappa shape index (κ1) is 15.3. The molecular weight excluding hydrogens is 320 g/mol. The summed E-state index contributed by atoms with van der Waals surface area (Å²) in [5.41, 5.74) is 2.36. The number of fused-ring (bicyclic) bond motifs is 1. The highest BCUT2D eigenvalue weighted by Crippen LogP contribution is 2.30. The Morgan fingerprint density at radius 2 is 2.08 bits per heavy atom. The van der Waals surface area contributed by atoms with Gasteiger partial charge in [-0.2, -0.15) is 5.10 Å². The number of carbonyl (C=O) groups excluding carboxylic acids is 1. The summed E-state index contributed by atoms with van der Waals surface area (Å²) in [6.45, 7) is 5.84. The Bertz CT molecular complexity index is 876. The lowest BCUT2D eigenvalue weighted by atomic mass is 10.1. The van der Waals surface area contributed by atoms with Crippen LogP contribution in [-0.4, -0.2) is 38.7 Å². The molecule has 0 saturated carbocycles. The molecule has 0 aromatic carbocycles. The zero-order valence-electron chi connectivity index (χ0n) is 13.9. The molecule has 124 valence electrons. The van der Waals surface area contributed by atoms with Crippen molar-refractivity contribution >= 4 is 28.3 Å². The van der Waals surface area contributed by atoms with Gasteiger partial charge in [-0.3, -0.25) is 4.79 Å².